The standard InChI is InChI=1S/C20H24N4O5S2/c21-17(25)9-10-22-20(27)15-5-1-2-6-16(15)23-18(26)13-14-7-8-19(30-14)31(28,29)24-11-3-4-12-24/h1-2,5-8H,3-4,9-13H2,(H2,21,25)(H,22,27)(H,23,26). The third-order valence-corrected chi connectivity index (χ3v) is 8.18. The molecule has 0 unspecified atom stereocenters. The second-order valence-corrected chi connectivity index (χ2v) is 10.4. The van der Waals surface area contributed by atoms with Gasteiger partial charge in [0.1, 0.15) is 4.21 Å². The average molecular weight is 465 g/mol. The molecule has 9 nitrogen and oxygen atoms in total. The van der Waals surface area contributed by atoms with Gasteiger partial charge in [-0.15, -0.1) is 11.3 Å². The van der Waals surface area contributed by atoms with Crippen LogP contribution in [0.3, 0.4) is 0 Å². The van der Waals surface area contributed by atoms with Gasteiger partial charge >= 0.3 is 0 Å². The maximum atomic E-state index is 12.6. The van der Waals surface area contributed by atoms with Crippen LogP contribution in [0.5, 0.6) is 0 Å². The van der Waals surface area contributed by atoms with Crippen molar-refractivity contribution in [2.75, 3.05) is 25.0 Å². The Bertz CT molecular complexity index is 1070. The van der Waals surface area contributed by atoms with E-state index in [1.165, 1.54) is 10.4 Å². The van der Waals surface area contributed by atoms with Crippen molar-refractivity contribution in [1.82, 2.24) is 9.62 Å². The van der Waals surface area contributed by atoms with Gasteiger partial charge < -0.3 is 16.4 Å². The summed E-state index contributed by atoms with van der Waals surface area (Å²) in [7, 11) is -3.51. The molecule has 31 heavy (non-hydrogen) atoms. The highest BCUT2D eigenvalue weighted by atomic mass is 32.2. The summed E-state index contributed by atoms with van der Waals surface area (Å²) >= 11 is 1.08. The topological polar surface area (TPSA) is 139 Å². The average Bonchev–Trinajstić information content (AvgIpc) is 3.41. The molecule has 11 heteroatoms. The summed E-state index contributed by atoms with van der Waals surface area (Å²) in [5.74, 6) is -1.33. The number of primary amides is 1. The quantitative estimate of drug-likeness (QED) is 0.514. The van der Waals surface area contributed by atoms with Gasteiger partial charge in [-0.1, -0.05) is 12.1 Å². The predicted octanol–water partition coefficient (Wildman–Crippen LogP) is 1.32. The number of anilines is 1. The fraction of sp³-hybridized carbons (Fsp3) is 0.350. The Labute approximate surface area is 184 Å². The number of para-hydroxylation sites is 1. The Balaban J connectivity index is 1.63. The Morgan fingerprint density at radius 2 is 1.77 bits per heavy atom. The highest BCUT2D eigenvalue weighted by Gasteiger charge is 2.28. The third kappa shape index (κ3) is 5.90. The van der Waals surface area contributed by atoms with E-state index in [0.29, 0.717) is 23.7 Å². The monoisotopic (exact) mass is 464 g/mol. The van der Waals surface area contributed by atoms with Crippen LogP contribution < -0.4 is 16.4 Å². The van der Waals surface area contributed by atoms with E-state index in [9.17, 15) is 22.8 Å². The number of nitrogens with two attached hydrogens (primary N) is 1. The zero-order valence-electron chi connectivity index (χ0n) is 16.8. The smallest absolute Gasteiger partial charge is 0.253 e. The Kier molecular flexibility index (Phi) is 7.42. The minimum atomic E-state index is -3.51. The fourth-order valence-corrected chi connectivity index (χ4v) is 6.21. The van der Waals surface area contributed by atoms with E-state index in [-0.39, 0.29) is 35.1 Å². The van der Waals surface area contributed by atoms with Crippen LogP contribution in [0, 0.1) is 0 Å². The van der Waals surface area contributed by atoms with Crippen molar-refractivity contribution in [3.05, 3.63) is 46.8 Å². The van der Waals surface area contributed by atoms with Gasteiger partial charge in [0.25, 0.3) is 15.9 Å². The molecule has 1 saturated heterocycles. The maximum Gasteiger partial charge on any atom is 0.253 e. The van der Waals surface area contributed by atoms with Gasteiger partial charge in [-0.05, 0) is 37.1 Å². The number of hydrogen-bond donors (Lipinski definition) is 3. The summed E-state index contributed by atoms with van der Waals surface area (Å²) in [5, 5.41) is 5.28. The summed E-state index contributed by atoms with van der Waals surface area (Å²) in [6, 6.07) is 9.66. The molecule has 0 radical (unpaired) electrons. The molecule has 2 aromatic rings. The molecule has 0 saturated carbocycles. The molecule has 1 aromatic heterocycles. The third-order valence-electron chi connectivity index (χ3n) is 4.73. The van der Waals surface area contributed by atoms with Crippen molar-refractivity contribution in [2.24, 2.45) is 5.73 Å². The van der Waals surface area contributed by atoms with Gasteiger partial charge in [-0.3, -0.25) is 14.4 Å². The molecule has 0 aliphatic carbocycles. The first-order valence-electron chi connectivity index (χ1n) is 9.81. The normalized spacial score (nSPS) is 14.3. The number of sulfonamides is 1. The van der Waals surface area contributed by atoms with E-state index in [1.807, 2.05) is 0 Å². The number of benzene rings is 1. The van der Waals surface area contributed by atoms with Crippen molar-refractivity contribution in [1.29, 1.82) is 0 Å². The number of amides is 3. The summed E-state index contributed by atoms with van der Waals surface area (Å²) in [5.41, 5.74) is 5.64. The van der Waals surface area contributed by atoms with Crippen molar-refractivity contribution in [2.45, 2.75) is 29.9 Å². The Morgan fingerprint density at radius 3 is 2.48 bits per heavy atom. The molecule has 3 amide bonds. The van der Waals surface area contributed by atoms with Gasteiger partial charge in [0.05, 0.1) is 17.7 Å². The van der Waals surface area contributed by atoms with Crippen LogP contribution in [0.15, 0.2) is 40.6 Å². The molecular formula is C20H24N4O5S2. The first kappa shape index (κ1) is 22.9. The molecule has 1 aliphatic heterocycles. The van der Waals surface area contributed by atoms with Crippen molar-refractivity contribution >= 4 is 44.8 Å². The van der Waals surface area contributed by atoms with Crippen molar-refractivity contribution in [3.8, 4) is 0 Å². The molecule has 0 bridgehead atoms. The van der Waals surface area contributed by atoms with Crippen LogP contribution in [0.1, 0.15) is 34.5 Å². The molecule has 3 rings (SSSR count). The second-order valence-electron chi connectivity index (χ2n) is 7.07. The lowest BCUT2D eigenvalue weighted by Gasteiger charge is -2.13. The molecule has 1 fully saturated rings. The molecule has 0 spiro atoms. The molecular weight excluding hydrogens is 440 g/mol. The summed E-state index contributed by atoms with van der Waals surface area (Å²) < 4.78 is 27.0. The lowest BCUT2D eigenvalue weighted by molar-refractivity contribution is -0.118. The van der Waals surface area contributed by atoms with Gasteiger partial charge in [0.15, 0.2) is 0 Å². The van der Waals surface area contributed by atoms with Gasteiger partial charge in [0, 0.05) is 30.9 Å². The first-order chi connectivity index (χ1) is 14.8. The predicted molar refractivity (Wildman–Crippen MR) is 117 cm³/mol. The largest absolute Gasteiger partial charge is 0.370 e. The number of nitrogens with one attached hydrogen (secondary N) is 2. The summed E-state index contributed by atoms with van der Waals surface area (Å²) in [6.45, 7) is 1.14. The SMILES string of the molecule is NC(=O)CCNC(=O)c1ccccc1NC(=O)Cc1ccc(S(=O)(=O)N2CCCC2)s1. The zero-order valence-corrected chi connectivity index (χ0v) is 18.4. The van der Waals surface area contributed by atoms with Crippen molar-refractivity contribution in [3.63, 3.8) is 0 Å². The number of carbonyl (C=O) groups excluding carboxylic acids is 3. The minimum Gasteiger partial charge on any atom is -0.370 e. The zero-order chi connectivity index (χ0) is 22.4. The highest BCUT2D eigenvalue weighted by Crippen LogP contribution is 2.28. The molecule has 2 heterocycles. The van der Waals surface area contributed by atoms with Gasteiger partial charge in [0.2, 0.25) is 11.8 Å². The van der Waals surface area contributed by atoms with E-state index in [4.69, 9.17) is 5.73 Å². The molecule has 4 N–H and O–H groups in total. The number of nitrogens with zero attached hydrogens (tertiary/aromatic N) is 1. The fourth-order valence-electron chi connectivity index (χ4n) is 3.18. The highest BCUT2D eigenvalue weighted by molar-refractivity contribution is 7.91. The number of hydrogen-bond acceptors (Lipinski definition) is 6. The number of carbonyl (C=O) groups is 3. The minimum absolute atomic E-state index is 0.0152. The van der Waals surface area contributed by atoms with E-state index in [2.05, 4.69) is 10.6 Å². The van der Waals surface area contributed by atoms with Crippen LogP contribution in [-0.4, -0.2) is 50.1 Å². The lowest BCUT2D eigenvalue weighted by atomic mass is 10.1. The Hall–Kier alpha value is -2.76. The maximum absolute atomic E-state index is 12.6. The molecule has 1 aromatic carbocycles. The van der Waals surface area contributed by atoms with E-state index >= 15 is 0 Å². The van der Waals surface area contributed by atoms with Gasteiger partial charge in [-0.25, -0.2) is 8.42 Å². The van der Waals surface area contributed by atoms with Gasteiger partial charge in [-0.2, -0.15) is 4.31 Å². The Morgan fingerprint density at radius 1 is 1.06 bits per heavy atom. The molecule has 1 aliphatic rings. The van der Waals surface area contributed by atoms with Crippen LogP contribution in [-0.2, 0) is 26.0 Å². The summed E-state index contributed by atoms with van der Waals surface area (Å²) in [6.07, 6.45) is 1.71. The van der Waals surface area contributed by atoms with Crippen molar-refractivity contribution < 1.29 is 22.8 Å². The van der Waals surface area contributed by atoms with E-state index in [1.54, 1.807) is 30.3 Å². The molecule has 0 atom stereocenters. The summed E-state index contributed by atoms with van der Waals surface area (Å²) in [4.78, 5) is 36.3. The van der Waals surface area contributed by atoms with Crippen LogP contribution >= 0.6 is 11.3 Å². The second kappa shape index (κ2) is 10.0. The van der Waals surface area contributed by atoms with Crippen LogP contribution in [0.25, 0.3) is 0 Å². The first-order valence-corrected chi connectivity index (χ1v) is 12.1. The molecule has 166 valence electrons. The lowest BCUT2D eigenvalue weighted by Crippen LogP contribution is -2.29. The van der Waals surface area contributed by atoms with E-state index < -0.39 is 21.8 Å². The number of thiophene rings is 1. The van der Waals surface area contributed by atoms with Crippen LogP contribution in [0.2, 0.25) is 0 Å². The van der Waals surface area contributed by atoms with E-state index in [0.717, 1.165) is 24.2 Å². The number of rotatable bonds is 9. The van der Waals surface area contributed by atoms with Crippen LogP contribution in [0.4, 0.5) is 5.69 Å².